The first-order valence-electron chi connectivity index (χ1n) is 8.00. The van der Waals surface area contributed by atoms with Crippen LogP contribution in [0.1, 0.15) is 51.4 Å². The van der Waals surface area contributed by atoms with E-state index in [9.17, 15) is 8.42 Å². The van der Waals surface area contributed by atoms with Gasteiger partial charge in [-0.15, -0.1) is 0 Å². The van der Waals surface area contributed by atoms with Crippen molar-refractivity contribution in [2.75, 3.05) is 18.1 Å². The molecule has 0 amide bonds. The van der Waals surface area contributed by atoms with Crippen LogP contribution in [-0.4, -0.2) is 36.0 Å². The molecule has 5 nitrogen and oxygen atoms in total. The lowest BCUT2D eigenvalue weighted by Gasteiger charge is -2.22. The number of hydrogen-bond donors (Lipinski definition) is 1. The van der Waals surface area contributed by atoms with E-state index < -0.39 is 9.84 Å². The number of nitrogens with zero attached hydrogens (tertiary/aromatic N) is 2. The predicted molar refractivity (Wildman–Crippen MR) is 84.9 cm³/mol. The SMILES string of the molecule is CCCNC(CC1CCS(=O)(=O)C1)c1nccn1CCC. The van der Waals surface area contributed by atoms with Crippen LogP contribution in [0.4, 0.5) is 0 Å². The number of imidazole rings is 1. The molecule has 0 spiro atoms. The van der Waals surface area contributed by atoms with Gasteiger partial charge in [-0.2, -0.15) is 0 Å². The van der Waals surface area contributed by atoms with Crippen molar-refractivity contribution in [3.05, 3.63) is 18.2 Å². The molecular formula is C15H27N3O2S. The third-order valence-electron chi connectivity index (χ3n) is 4.06. The number of nitrogens with one attached hydrogen (secondary N) is 1. The molecule has 1 aliphatic heterocycles. The lowest BCUT2D eigenvalue weighted by molar-refractivity contribution is 0.388. The minimum Gasteiger partial charge on any atom is -0.334 e. The van der Waals surface area contributed by atoms with E-state index in [0.717, 1.165) is 44.6 Å². The first-order valence-corrected chi connectivity index (χ1v) is 9.82. The molecular weight excluding hydrogens is 286 g/mol. The molecule has 0 radical (unpaired) electrons. The van der Waals surface area contributed by atoms with Crippen LogP contribution in [0.3, 0.4) is 0 Å². The van der Waals surface area contributed by atoms with Crippen molar-refractivity contribution >= 4 is 9.84 Å². The van der Waals surface area contributed by atoms with Gasteiger partial charge in [0.25, 0.3) is 0 Å². The highest BCUT2D eigenvalue weighted by Gasteiger charge is 2.31. The minimum atomic E-state index is -2.81. The number of sulfone groups is 1. The Balaban J connectivity index is 2.08. The van der Waals surface area contributed by atoms with E-state index in [2.05, 4.69) is 28.7 Å². The van der Waals surface area contributed by atoms with Gasteiger partial charge in [0.1, 0.15) is 5.82 Å². The molecule has 0 aromatic carbocycles. The number of aryl methyl sites for hydroxylation is 1. The smallest absolute Gasteiger partial charge is 0.150 e. The van der Waals surface area contributed by atoms with Gasteiger partial charge < -0.3 is 9.88 Å². The van der Waals surface area contributed by atoms with Gasteiger partial charge in [-0.3, -0.25) is 0 Å². The summed E-state index contributed by atoms with van der Waals surface area (Å²) in [5.41, 5.74) is 0. The van der Waals surface area contributed by atoms with Gasteiger partial charge in [0.2, 0.25) is 0 Å². The van der Waals surface area contributed by atoms with Crippen molar-refractivity contribution in [2.45, 2.75) is 52.1 Å². The van der Waals surface area contributed by atoms with Crippen LogP contribution in [0.25, 0.3) is 0 Å². The number of aromatic nitrogens is 2. The van der Waals surface area contributed by atoms with Crippen molar-refractivity contribution in [1.29, 1.82) is 0 Å². The summed E-state index contributed by atoms with van der Waals surface area (Å²) in [7, 11) is -2.81. The van der Waals surface area contributed by atoms with E-state index in [1.54, 1.807) is 0 Å². The standard InChI is InChI=1S/C15H27N3O2S/c1-3-6-16-14(11-13-5-10-21(19,20)12-13)15-17-7-9-18(15)8-4-2/h7,9,13-14,16H,3-6,8,10-12H2,1-2H3. The predicted octanol–water partition coefficient (Wildman–Crippen LogP) is 2.16. The van der Waals surface area contributed by atoms with Gasteiger partial charge in [-0.05, 0) is 38.1 Å². The second-order valence-corrected chi connectivity index (χ2v) is 8.22. The molecule has 1 N–H and O–H groups in total. The molecule has 6 heteroatoms. The molecule has 0 bridgehead atoms. The summed E-state index contributed by atoms with van der Waals surface area (Å²) in [5, 5.41) is 3.55. The maximum absolute atomic E-state index is 11.7. The average molecular weight is 313 g/mol. The zero-order valence-corrected chi connectivity index (χ0v) is 13.9. The topological polar surface area (TPSA) is 64.0 Å². The third-order valence-corrected chi connectivity index (χ3v) is 5.90. The molecule has 1 aromatic rings. The second kappa shape index (κ2) is 7.40. The maximum atomic E-state index is 11.7. The molecule has 1 saturated heterocycles. The molecule has 120 valence electrons. The average Bonchev–Trinajstić information content (AvgIpc) is 3.01. The molecule has 2 unspecified atom stereocenters. The monoisotopic (exact) mass is 313 g/mol. The quantitative estimate of drug-likeness (QED) is 0.799. The van der Waals surface area contributed by atoms with Gasteiger partial charge in [0.15, 0.2) is 9.84 Å². The summed E-state index contributed by atoms with van der Waals surface area (Å²) in [6.45, 7) is 6.19. The Morgan fingerprint density at radius 1 is 1.43 bits per heavy atom. The molecule has 1 fully saturated rings. The number of rotatable bonds is 8. The fraction of sp³-hybridized carbons (Fsp3) is 0.800. The normalized spacial score (nSPS) is 22.5. The van der Waals surface area contributed by atoms with Crippen molar-refractivity contribution in [3.63, 3.8) is 0 Å². The first-order chi connectivity index (χ1) is 10.1. The Kier molecular flexibility index (Phi) is 5.81. The molecule has 2 heterocycles. The molecule has 1 aromatic heterocycles. The van der Waals surface area contributed by atoms with E-state index in [4.69, 9.17) is 0 Å². The Labute approximate surface area is 128 Å². The lowest BCUT2D eigenvalue weighted by Crippen LogP contribution is -2.27. The molecule has 2 rings (SSSR count). The molecule has 2 atom stereocenters. The van der Waals surface area contributed by atoms with E-state index in [-0.39, 0.29) is 12.0 Å². The lowest BCUT2D eigenvalue weighted by atomic mass is 9.98. The summed E-state index contributed by atoms with van der Waals surface area (Å²) >= 11 is 0. The van der Waals surface area contributed by atoms with Crippen molar-refractivity contribution in [1.82, 2.24) is 14.9 Å². The molecule has 0 saturated carbocycles. The Morgan fingerprint density at radius 3 is 2.86 bits per heavy atom. The molecule has 0 aliphatic carbocycles. The van der Waals surface area contributed by atoms with Crippen molar-refractivity contribution in [2.24, 2.45) is 5.92 Å². The van der Waals surface area contributed by atoms with Crippen LogP contribution in [0.15, 0.2) is 12.4 Å². The summed E-state index contributed by atoms with van der Waals surface area (Å²) < 4.78 is 25.5. The van der Waals surface area contributed by atoms with Crippen LogP contribution >= 0.6 is 0 Å². The third kappa shape index (κ3) is 4.54. The van der Waals surface area contributed by atoms with Crippen molar-refractivity contribution in [3.8, 4) is 0 Å². The highest BCUT2D eigenvalue weighted by atomic mass is 32.2. The van der Waals surface area contributed by atoms with E-state index in [0.29, 0.717) is 11.5 Å². The van der Waals surface area contributed by atoms with E-state index >= 15 is 0 Å². The van der Waals surface area contributed by atoms with Gasteiger partial charge in [-0.25, -0.2) is 13.4 Å². The summed E-state index contributed by atoms with van der Waals surface area (Å²) in [6, 6.07) is 0.157. The zero-order chi connectivity index (χ0) is 15.3. The van der Waals surface area contributed by atoms with Crippen LogP contribution in [0, 0.1) is 5.92 Å². The van der Waals surface area contributed by atoms with Gasteiger partial charge in [-0.1, -0.05) is 13.8 Å². The Hall–Kier alpha value is -0.880. The zero-order valence-electron chi connectivity index (χ0n) is 13.1. The highest BCUT2D eigenvalue weighted by molar-refractivity contribution is 7.91. The van der Waals surface area contributed by atoms with Crippen molar-refractivity contribution < 1.29 is 8.42 Å². The summed E-state index contributed by atoms with van der Waals surface area (Å²) in [5.74, 6) is 2.00. The van der Waals surface area contributed by atoms with E-state index in [1.807, 2.05) is 12.4 Å². The second-order valence-electron chi connectivity index (χ2n) is 5.99. The van der Waals surface area contributed by atoms with Crippen LogP contribution in [-0.2, 0) is 16.4 Å². The van der Waals surface area contributed by atoms with Crippen LogP contribution in [0.5, 0.6) is 0 Å². The fourth-order valence-electron chi connectivity index (χ4n) is 3.05. The summed E-state index contributed by atoms with van der Waals surface area (Å²) in [4.78, 5) is 4.52. The Morgan fingerprint density at radius 2 is 2.24 bits per heavy atom. The van der Waals surface area contributed by atoms with E-state index in [1.165, 1.54) is 0 Å². The maximum Gasteiger partial charge on any atom is 0.150 e. The fourth-order valence-corrected chi connectivity index (χ4v) is 4.93. The van der Waals surface area contributed by atoms with Crippen LogP contribution < -0.4 is 5.32 Å². The van der Waals surface area contributed by atoms with Gasteiger partial charge in [0, 0.05) is 18.9 Å². The molecule has 21 heavy (non-hydrogen) atoms. The Bertz CT molecular complexity index is 539. The minimum absolute atomic E-state index is 0.157. The van der Waals surface area contributed by atoms with Crippen LogP contribution in [0.2, 0.25) is 0 Å². The largest absolute Gasteiger partial charge is 0.334 e. The molecule has 1 aliphatic rings. The highest BCUT2D eigenvalue weighted by Crippen LogP contribution is 2.28. The number of hydrogen-bond acceptors (Lipinski definition) is 4. The van der Waals surface area contributed by atoms with Gasteiger partial charge in [0.05, 0.1) is 17.5 Å². The summed E-state index contributed by atoms with van der Waals surface area (Å²) in [6.07, 6.45) is 7.65. The van der Waals surface area contributed by atoms with Gasteiger partial charge >= 0.3 is 0 Å². The first kappa shape index (κ1) is 16.5.